The highest BCUT2D eigenvalue weighted by atomic mass is 32.2. The molecule has 1 aromatic heterocycles. The van der Waals surface area contributed by atoms with E-state index in [0.717, 1.165) is 18.3 Å². The third-order valence-corrected chi connectivity index (χ3v) is 6.62. The highest BCUT2D eigenvalue weighted by molar-refractivity contribution is 7.93. The first-order valence-corrected chi connectivity index (χ1v) is 11.1. The van der Waals surface area contributed by atoms with Gasteiger partial charge >= 0.3 is 12.3 Å². The second kappa shape index (κ2) is 8.61. The molecule has 1 aliphatic rings. The van der Waals surface area contributed by atoms with Gasteiger partial charge in [0.2, 0.25) is 5.60 Å². The van der Waals surface area contributed by atoms with Crippen LogP contribution in [0.25, 0.3) is 0 Å². The fourth-order valence-electron chi connectivity index (χ4n) is 2.78. The van der Waals surface area contributed by atoms with Gasteiger partial charge in [-0.15, -0.1) is 0 Å². The van der Waals surface area contributed by atoms with Gasteiger partial charge in [0.1, 0.15) is 17.4 Å². The van der Waals surface area contributed by atoms with E-state index in [-0.39, 0.29) is 12.2 Å². The van der Waals surface area contributed by atoms with Crippen LogP contribution in [0.1, 0.15) is 39.3 Å². The maximum atomic E-state index is 13.6. The molecule has 0 aliphatic carbocycles. The standard InChI is InChI=1S/C18H24F3N3O6S/c1-16(2,3)30-15(27)23-12-6-8-31(29,24-14(12)26)9-7-17(28,18(19,20)21)13-5-4-11(25)10-22-13/h4-5,10,12,25,28H,6-9H2,1-3H3,(H,23,27)/t12-,17?,31?/m0/s1. The van der Waals surface area contributed by atoms with Gasteiger partial charge < -0.3 is 20.3 Å². The Hall–Kier alpha value is -2.41. The number of aromatic nitrogens is 1. The van der Waals surface area contributed by atoms with Gasteiger partial charge in [-0.05, 0) is 39.3 Å². The van der Waals surface area contributed by atoms with E-state index >= 15 is 0 Å². The largest absolute Gasteiger partial charge is 0.506 e. The number of ether oxygens (including phenoxy) is 1. The molecule has 9 nitrogen and oxygen atoms in total. The highest BCUT2D eigenvalue weighted by Crippen LogP contribution is 2.41. The van der Waals surface area contributed by atoms with Crippen molar-refractivity contribution in [2.24, 2.45) is 4.36 Å². The topological polar surface area (TPSA) is 138 Å². The van der Waals surface area contributed by atoms with Crippen LogP contribution in [-0.4, -0.2) is 60.7 Å². The fraction of sp³-hybridized carbons (Fsp3) is 0.611. The molecule has 13 heteroatoms. The van der Waals surface area contributed by atoms with Crippen LogP contribution in [0.2, 0.25) is 0 Å². The van der Waals surface area contributed by atoms with Crippen LogP contribution >= 0.6 is 0 Å². The van der Waals surface area contributed by atoms with Crippen molar-refractivity contribution < 1.29 is 41.9 Å². The first-order chi connectivity index (χ1) is 14.0. The van der Waals surface area contributed by atoms with E-state index in [1.807, 2.05) is 0 Å². The van der Waals surface area contributed by atoms with Crippen molar-refractivity contribution in [2.45, 2.75) is 57.0 Å². The summed E-state index contributed by atoms with van der Waals surface area (Å²) in [5, 5.41) is 21.8. The molecule has 2 unspecified atom stereocenters. The molecule has 174 valence electrons. The minimum atomic E-state index is -5.16. The lowest BCUT2D eigenvalue weighted by Gasteiger charge is -2.31. The van der Waals surface area contributed by atoms with Crippen molar-refractivity contribution in [3.05, 3.63) is 24.0 Å². The predicted octanol–water partition coefficient (Wildman–Crippen LogP) is 2.22. The molecule has 0 saturated heterocycles. The van der Waals surface area contributed by atoms with Gasteiger partial charge in [0.25, 0.3) is 5.91 Å². The summed E-state index contributed by atoms with van der Waals surface area (Å²) in [5.74, 6) is -2.32. The molecule has 1 aliphatic heterocycles. The zero-order valence-corrected chi connectivity index (χ0v) is 17.9. The Bertz CT molecular complexity index is 952. The van der Waals surface area contributed by atoms with E-state index in [2.05, 4.69) is 14.7 Å². The van der Waals surface area contributed by atoms with Crippen LogP contribution in [0.4, 0.5) is 18.0 Å². The van der Waals surface area contributed by atoms with Gasteiger partial charge in [-0.2, -0.15) is 17.5 Å². The van der Waals surface area contributed by atoms with E-state index in [4.69, 9.17) is 4.74 Å². The van der Waals surface area contributed by atoms with Crippen LogP contribution in [0.3, 0.4) is 0 Å². The second-order valence-corrected chi connectivity index (χ2v) is 10.7. The van der Waals surface area contributed by atoms with E-state index in [1.165, 1.54) is 0 Å². The number of carbonyl (C=O) groups is 2. The van der Waals surface area contributed by atoms with Crippen LogP contribution in [-0.2, 0) is 24.9 Å². The molecule has 2 amide bonds. The average Bonchev–Trinajstić information content (AvgIpc) is 2.60. The van der Waals surface area contributed by atoms with Gasteiger partial charge in [0, 0.05) is 17.9 Å². The Labute approximate surface area is 177 Å². The van der Waals surface area contributed by atoms with Crippen LogP contribution in [0.5, 0.6) is 5.75 Å². The quantitative estimate of drug-likeness (QED) is 0.604. The molecule has 31 heavy (non-hydrogen) atoms. The van der Waals surface area contributed by atoms with Crippen molar-refractivity contribution in [2.75, 3.05) is 11.5 Å². The van der Waals surface area contributed by atoms with Crippen molar-refractivity contribution in [1.82, 2.24) is 10.3 Å². The zero-order chi connectivity index (χ0) is 23.7. The molecule has 0 spiro atoms. The van der Waals surface area contributed by atoms with Crippen LogP contribution in [0, 0.1) is 0 Å². The lowest BCUT2D eigenvalue weighted by molar-refractivity contribution is -0.268. The van der Waals surface area contributed by atoms with Gasteiger partial charge in [0.05, 0.1) is 21.6 Å². The summed E-state index contributed by atoms with van der Waals surface area (Å²) < 4.78 is 62.2. The molecular weight excluding hydrogens is 443 g/mol. The number of aliphatic hydroxyl groups is 1. The average molecular weight is 467 g/mol. The zero-order valence-electron chi connectivity index (χ0n) is 17.1. The number of aromatic hydroxyl groups is 1. The first kappa shape index (κ1) is 24.9. The van der Waals surface area contributed by atoms with E-state index < -0.39 is 68.8 Å². The second-order valence-electron chi connectivity index (χ2n) is 8.11. The molecule has 0 saturated carbocycles. The number of nitrogens with zero attached hydrogens (tertiary/aromatic N) is 2. The Balaban J connectivity index is 2.16. The SMILES string of the molecule is CC(C)(C)OC(=O)N[C@H]1CCS(=O)(CCC(O)(c2ccc(O)cn2)C(F)(F)F)=NC1=O. The van der Waals surface area contributed by atoms with Gasteiger partial charge in [-0.1, -0.05) is 0 Å². The molecule has 0 radical (unpaired) electrons. The Morgan fingerprint density at radius 2 is 1.97 bits per heavy atom. The first-order valence-electron chi connectivity index (χ1n) is 9.25. The van der Waals surface area contributed by atoms with Crippen molar-refractivity contribution in [3.63, 3.8) is 0 Å². The molecule has 3 atom stereocenters. The molecule has 2 heterocycles. The summed E-state index contributed by atoms with van der Waals surface area (Å²) >= 11 is 0. The number of hydrogen-bond acceptors (Lipinski definition) is 7. The van der Waals surface area contributed by atoms with Gasteiger partial charge in [-0.25, -0.2) is 9.00 Å². The Morgan fingerprint density at radius 3 is 2.45 bits per heavy atom. The summed E-state index contributed by atoms with van der Waals surface area (Å²) in [6.45, 7) is 4.87. The number of amides is 2. The smallest absolute Gasteiger partial charge is 0.423 e. The summed E-state index contributed by atoms with van der Waals surface area (Å²) in [6, 6.07) is 0.629. The highest BCUT2D eigenvalue weighted by Gasteiger charge is 2.56. The molecule has 3 N–H and O–H groups in total. The van der Waals surface area contributed by atoms with Crippen LogP contribution < -0.4 is 5.32 Å². The molecule has 0 aromatic carbocycles. The van der Waals surface area contributed by atoms with Gasteiger partial charge in [-0.3, -0.25) is 9.78 Å². The Kier molecular flexibility index (Phi) is 6.91. The number of alkyl halides is 3. The van der Waals surface area contributed by atoms with Crippen molar-refractivity contribution in [1.29, 1.82) is 0 Å². The molecular formula is C18H24F3N3O6S. The maximum Gasteiger partial charge on any atom is 0.423 e. The minimum Gasteiger partial charge on any atom is -0.506 e. The third kappa shape index (κ3) is 6.29. The van der Waals surface area contributed by atoms with Crippen molar-refractivity contribution in [3.8, 4) is 5.75 Å². The lowest BCUT2D eigenvalue weighted by atomic mass is 9.95. The number of nitrogens with one attached hydrogen (secondary N) is 1. The minimum absolute atomic E-state index is 0.109. The van der Waals surface area contributed by atoms with Gasteiger partial charge in [0.15, 0.2) is 0 Å². The number of carbonyl (C=O) groups excluding carboxylic acids is 2. The molecule has 1 aromatic rings. The molecule has 0 bridgehead atoms. The summed E-state index contributed by atoms with van der Waals surface area (Å²) in [4.78, 5) is 27.4. The monoisotopic (exact) mass is 467 g/mol. The molecule has 0 fully saturated rings. The number of rotatable bonds is 5. The molecule has 2 rings (SSSR count). The van der Waals surface area contributed by atoms with Crippen LogP contribution in [0.15, 0.2) is 22.7 Å². The summed E-state index contributed by atoms with van der Waals surface area (Å²) in [7, 11) is -3.41. The summed E-state index contributed by atoms with van der Waals surface area (Å²) in [6.07, 6.45) is -6.46. The van der Waals surface area contributed by atoms with E-state index in [9.17, 15) is 37.2 Å². The normalized spacial score (nSPS) is 24.1. The Morgan fingerprint density at radius 1 is 1.32 bits per heavy atom. The predicted molar refractivity (Wildman–Crippen MR) is 104 cm³/mol. The number of halogens is 3. The fourth-order valence-corrected chi connectivity index (χ4v) is 4.84. The van der Waals surface area contributed by atoms with E-state index in [0.29, 0.717) is 0 Å². The number of hydrogen-bond donors (Lipinski definition) is 3. The third-order valence-electron chi connectivity index (χ3n) is 4.39. The lowest BCUT2D eigenvalue weighted by Crippen LogP contribution is -2.47. The maximum absolute atomic E-state index is 13.6. The summed E-state index contributed by atoms with van der Waals surface area (Å²) in [5.41, 5.74) is -5.04. The number of pyridine rings is 1. The number of alkyl carbamates (subject to hydrolysis) is 1. The van der Waals surface area contributed by atoms with Crippen molar-refractivity contribution >= 4 is 21.7 Å². The van der Waals surface area contributed by atoms with E-state index in [1.54, 1.807) is 20.8 Å².